The fourth-order valence-electron chi connectivity index (χ4n) is 4.34. The number of nitro benzene ring substituents is 1. The van der Waals surface area contributed by atoms with Crippen LogP contribution >= 0.6 is 0 Å². The van der Waals surface area contributed by atoms with E-state index in [4.69, 9.17) is 0 Å². The van der Waals surface area contributed by atoms with Crippen molar-refractivity contribution in [1.29, 1.82) is 0 Å². The number of likely N-dealkylation sites (N-methyl/N-ethyl adjacent to an activating group) is 2. The molecule has 0 N–H and O–H groups in total. The molecule has 0 unspecified atom stereocenters. The van der Waals surface area contributed by atoms with Crippen LogP contribution in [0.15, 0.2) is 58.9 Å². The normalized spacial score (nSPS) is 20.2. The van der Waals surface area contributed by atoms with Crippen molar-refractivity contribution in [2.75, 3.05) is 28.9 Å². The number of benzene rings is 2. The summed E-state index contributed by atoms with van der Waals surface area (Å²) in [5.41, 5.74) is 2.84. The zero-order chi connectivity index (χ0) is 20.3. The first-order valence-corrected chi connectivity index (χ1v) is 9.21. The Labute approximate surface area is 164 Å². The molecule has 1 atom stereocenters. The minimum atomic E-state index is -0.682. The third-order valence-electron chi connectivity index (χ3n) is 5.65. The van der Waals surface area contributed by atoms with Gasteiger partial charge in [-0.25, -0.2) is 5.01 Å². The fourth-order valence-corrected chi connectivity index (χ4v) is 4.34. The van der Waals surface area contributed by atoms with E-state index in [2.05, 4.69) is 67.1 Å². The molecule has 2 aromatic rings. The van der Waals surface area contributed by atoms with Crippen LogP contribution in [0.2, 0.25) is 0 Å². The highest BCUT2D eigenvalue weighted by Gasteiger charge is 2.63. The monoisotopic (exact) mass is 380 g/mol. The Bertz CT molecular complexity index is 921. The number of non-ortho nitro benzene ring substituents is 1. The van der Waals surface area contributed by atoms with Crippen LogP contribution < -0.4 is 14.8 Å². The zero-order valence-corrected chi connectivity index (χ0v) is 16.7. The molecular formula is C20H24N6O2. The average Bonchev–Trinajstić information content (AvgIpc) is 3.16. The van der Waals surface area contributed by atoms with Crippen molar-refractivity contribution < 1.29 is 4.92 Å². The zero-order valence-electron chi connectivity index (χ0n) is 16.7. The number of nitrogens with zero attached hydrogens (tertiary/aromatic N) is 6. The van der Waals surface area contributed by atoms with Gasteiger partial charge in [-0.1, -0.05) is 38.1 Å². The highest BCUT2D eigenvalue weighted by atomic mass is 16.6. The maximum atomic E-state index is 11.1. The van der Waals surface area contributed by atoms with E-state index in [1.165, 1.54) is 12.1 Å². The summed E-state index contributed by atoms with van der Waals surface area (Å²) in [6.07, 6.45) is 0. The van der Waals surface area contributed by atoms with Crippen molar-refractivity contribution in [2.24, 2.45) is 15.8 Å². The summed E-state index contributed by atoms with van der Waals surface area (Å²) in [6, 6.07) is 14.5. The van der Waals surface area contributed by atoms with E-state index >= 15 is 0 Å². The Morgan fingerprint density at radius 1 is 1.00 bits per heavy atom. The van der Waals surface area contributed by atoms with Crippen molar-refractivity contribution in [3.8, 4) is 0 Å². The van der Waals surface area contributed by atoms with Gasteiger partial charge in [-0.15, -0.1) is 0 Å². The molecule has 146 valence electrons. The van der Waals surface area contributed by atoms with E-state index in [1.54, 1.807) is 12.1 Å². The predicted molar refractivity (Wildman–Crippen MR) is 110 cm³/mol. The molecule has 0 saturated carbocycles. The van der Waals surface area contributed by atoms with Crippen molar-refractivity contribution in [1.82, 2.24) is 0 Å². The van der Waals surface area contributed by atoms with E-state index in [0.717, 1.165) is 17.1 Å². The van der Waals surface area contributed by atoms with Crippen molar-refractivity contribution in [3.05, 3.63) is 58.6 Å². The number of hydrogen-bond acceptors (Lipinski definition) is 7. The van der Waals surface area contributed by atoms with Crippen molar-refractivity contribution >= 4 is 22.7 Å². The molecule has 2 heterocycles. The summed E-state index contributed by atoms with van der Waals surface area (Å²) >= 11 is 0. The van der Waals surface area contributed by atoms with Crippen LogP contribution in [-0.4, -0.2) is 30.8 Å². The third-order valence-corrected chi connectivity index (χ3v) is 5.65. The molecule has 2 aromatic carbocycles. The smallest absolute Gasteiger partial charge is 0.269 e. The molecule has 0 saturated heterocycles. The van der Waals surface area contributed by atoms with Gasteiger partial charge in [0.05, 0.1) is 22.0 Å². The summed E-state index contributed by atoms with van der Waals surface area (Å²) in [4.78, 5) is 15.1. The first-order valence-electron chi connectivity index (χ1n) is 9.21. The molecule has 2 aliphatic rings. The second-order valence-electron chi connectivity index (χ2n) is 8.35. The lowest BCUT2D eigenvalue weighted by Crippen LogP contribution is -2.70. The summed E-state index contributed by atoms with van der Waals surface area (Å²) in [6.45, 7) is 6.47. The maximum Gasteiger partial charge on any atom is 0.269 e. The van der Waals surface area contributed by atoms with Crippen LogP contribution in [0.25, 0.3) is 0 Å². The summed E-state index contributed by atoms with van der Waals surface area (Å²) in [5, 5.41) is 22.2. The lowest BCUT2D eigenvalue weighted by atomic mass is 9.81. The summed E-state index contributed by atoms with van der Waals surface area (Å²) in [5.74, 6) is -0.682. The maximum absolute atomic E-state index is 11.1. The summed E-state index contributed by atoms with van der Waals surface area (Å²) < 4.78 is 0. The van der Waals surface area contributed by atoms with Gasteiger partial charge in [0.1, 0.15) is 6.04 Å². The van der Waals surface area contributed by atoms with E-state index in [1.807, 2.05) is 17.1 Å². The van der Waals surface area contributed by atoms with Crippen LogP contribution in [0.5, 0.6) is 0 Å². The number of rotatable bonds is 2. The van der Waals surface area contributed by atoms with E-state index in [0.29, 0.717) is 0 Å². The Balaban J connectivity index is 1.88. The Hall–Kier alpha value is -3.16. The van der Waals surface area contributed by atoms with Crippen LogP contribution in [0.4, 0.5) is 22.7 Å². The minimum Gasteiger partial charge on any atom is -0.330 e. The van der Waals surface area contributed by atoms with Gasteiger partial charge in [0.25, 0.3) is 5.69 Å². The molecule has 8 heteroatoms. The first-order chi connectivity index (χ1) is 13.2. The molecule has 4 rings (SSSR count). The van der Waals surface area contributed by atoms with Gasteiger partial charge in [0, 0.05) is 26.2 Å². The van der Waals surface area contributed by atoms with Gasteiger partial charge in [-0.3, -0.25) is 10.1 Å². The molecule has 2 aliphatic heterocycles. The van der Waals surface area contributed by atoms with Crippen LogP contribution in [0.3, 0.4) is 0 Å². The number of hydrogen-bond donors (Lipinski definition) is 0. The highest BCUT2D eigenvalue weighted by Crippen LogP contribution is 2.53. The van der Waals surface area contributed by atoms with Gasteiger partial charge in [-0.2, -0.15) is 5.11 Å². The molecule has 0 radical (unpaired) electrons. The third kappa shape index (κ3) is 2.30. The standard InChI is InChI=1S/C20H24N6O2/c1-19(2,3)18-20(23(4)16-8-6-7-9-17(16)24(20)5)25(22-21-18)14-10-12-15(13-11-14)26(27)28/h6-13,18H,1-5H3/t18-/m0/s1. The molecule has 0 bridgehead atoms. The molecular weight excluding hydrogens is 356 g/mol. The highest BCUT2D eigenvalue weighted by molar-refractivity contribution is 5.81. The number of nitro groups is 1. The average molecular weight is 380 g/mol. The van der Waals surface area contributed by atoms with Gasteiger partial charge in [0.15, 0.2) is 0 Å². The topological polar surface area (TPSA) is 77.6 Å². The van der Waals surface area contributed by atoms with E-state index in [9.17, 15) is 10.1 Å². The molecule has 0 aliphatic carbocycles. The first kappa shape index (κ1) is 18.2. The molecule has 0 aromatic heterocycles. The molecule has 28 heavy (non-hydrogen) atoms. The van der Waals surface area contributed by atoms with E-state index < -0.39 is 10.7 Å². The Morgan fingerprint density at radius 3 is 2.00 bits per heavy atom. The van der Waals surface area contributed by atoms with Gasteiger partial charge >= 0.3 is 0 Å². The number of fused-ring (bicyclic) bond motifs is 1. The van der Waals surface area contributed by atoms with Gasteiger partial charge in [-0.05, 0) is 29.7 Å². The number of para-hydroxylation sites is 2. The van der Waals surface area contributed by atoms with Crippen LogP contribution in [-0.2, 0) is 0 Å². The van der Waals surface area contributed by atoms with Gasteiger partial charge in [0.2, 0.25) is 5.79 Å². The van der Waals surface area contributed by atoms with E-state index in [-0.39, 0.29) is 17.1 Å². The predicted octanol–water partition coefficient (Wildman–Crippen LogP) is 4.44. The second kappa shape index (κ2) is 5.92. The van der Waals surface area contributed by atoms with Gasteiger partial charge < -0.3 is 9.80 Å². The Morgan fingerprint density at radius 2 is 1.54 bits per heavy atom. The summed E-state index contributed by atoms with van der Waals surface area (Å²) in [7, 11) is 4.10. The minimum absolute atomic E-state index is 0.0534. The van der Waals surface area contributed by atoms with Crippen LogP contribution in [0, 0.1) is 15.5 Å². The molecule has 0 amide bonds. The lowest BCUT2D eigenvalue weighted by Gasteiger charge is -2.49. The number of anilines is 3. The molecule has 1 spiro atoms. The quantitative estimate of drug-likeness (QED) is 0.569. The SMILES string of the molecule is CN1c2ccccc2N(C)C12[C@H](C(C)(C)C)N=NN2c1ccc([N+](=O)[O-])cc1. The Kier molecular flexibility index (Phi) is 3.85. The molecule has 0 fully saturated rings. The molecule has 8 nitrogen and oxygen atoms in total. The van der Waals surface area contributed by atoms with Crippen molar-refractivity contribution in [2.45, 2.75) is 32.6 Å². The van der Waals surface area contributed by atoms with Crippen molar-refractivity contribution in [3.63, 3.8) is 0 Å². The largest absolute Gasteiger partial charge is 0.330 e. The second-order valence-corrected chi connectivity index (χ2v) is 8.35. The lowest BCUT2D eigenvalue weighted by molar-refractivity contribution is -0.384. The fraction of sp³-hybridized carbons (Fsp3) is 0.400. The van der Waals surface area contributed by atoms with Crippen LogP contribution in [0.1, 0.15) is 20.8 Å².